The number of phosphoric ester groups is 1. The molecule has 0 aromatic carbocycles. The van der Waals surface area contributed by atoms with Crippen molar-refractivity contribution < 1.29 is 37.3 Å². The third-order valence-electron chi connectivity index (χ3n) is 14.9. The Morgan fingerprint density at radius 2 is 0.753 bits per heavy atom. The molecule has 0 radical (unpaired) electrons. The lowest BCUT2D eigenvalue weighted by Gasteiger charge is -2.30. The van der Waals surface area contributed by atoms with Crippen molar-refractivity contribution in [3.63, 3.8) is 0 Å². The van der Waals surface area contributed by atoms with Crippen molar-refractivity contribution in [1.29, 1.82) is 0 Å². The molecule has 0 rings (SSSR count). The number of hydrogen-bond donors (Lipinski definition) is 1. The number of unbranched alkanes of at least 4 members (excludes halogenated alkanes) is 28. The third-order valence-corrected chi connectivity index (χ3v) is 15.8. The highest BCUT2D eigenvalue weighted by molar-refractivity contribution is 7.45. The van der Waals surface area contributed by atoms with Crippen LogP contribution >= 0.6 is 7.82 Å². The first-order chi connectivity index (χ1) is 41.4. The number of phosphoric acid groups is 1. The molecular formula is C75H131N2O7P. The second-order valence-corrected chi connectivity index (χ2v) is 25.7. The number of quaternary nitrogens is 1. The van der Waals surface area contributed by atoms with Crippen molar-refractivity contribution in [1.82, 2.24) is 5.32 Å². The predicted octanol–water partition coefficient (Wildman–Crippen LogP) is 21.6. The molecule has 0 aromatic rings. The van der Waals surface area contributed by atoms with Gasteiger partial charge in [0, 0.05) is 12.8 Å². The van der Waals surface area contributed by atoms with Gasteiger partial charge in [0.15, 0.2) is 0 Å². The highest BCUT2D eigenvalue weighted by atomic mass is 31.2. The second kappa shape index (κ2) is 63.4. The van der Waals surface area contributed by atoms with E-state index in [1.165, 1.54) is 122 Å². The third kappa shape index (κ3) is 64.7. The van der Waals surface area contributed by atoms with Gasteiger partial charge in [-0.1, -0.05) is 277 Å². The Kier molecular flexibility index (Phi) is 60.8. The summed E-state index contributed by atoms with van der Waals surface area (Å²) in [6.07, 6.45) is 88.8. The van der Waals surface area contributed by atoms with Crippen LogP contribution in [0.5, 0.6) is 0 Å². The van der Waals surface area contributed by atoms with Gasteiger partial charge in [-0.05, 0) is 122 Å². The van der Waals surface area contributed by atoms with E-state index in [1.54, 1.807) is 0 Å². The number of rotatable bonds is 62. The van der Waals surface area contributed by atoms with Crippen LogP contribution in [0.4, 0.5) is 0 Å². The number of allylic oxidation sites excluding steroid dienone is 19. The van der Waals surface area contributed by atoms with Crippen LogP contribution in [-0.2, 0) is 27.9 Å². The minimum atomic E-state index is -4.72. The number of nitrogens with zero attached hydrogens (tertiary/aromatic N) is 1. The minimum absolute atomic E-state index is 0.0334. The first kappa shape index (κ1) is 81.4. The largest absolute Gasteiger partial charge is 0.756 e. The van der Waals surface area contributed by atoms with Crippen molar-refractivity contribution in [3.8, 4) is 0 Å². The lowest BCUT2D eigenvalue weighted by atomic mass is 10.0. The number of carbonyl (C=O) groups excluding carboxylic acids is 2. The maximum absolute atomic E-state index is 13.6. The number of hydrogen-bond acceptors (Lipinski definition) is 7. The minimum Gasteiger partial charge on any atom is -0.756 e. The molecule has 10 heteroatoms. The fourth-order valence-electron chi connectivity index (χ4n) is 9.53. The Morgan fingerprint density at radius 1 is 0.424 bits per heavy atom. The summed E-state index contributed by atoms with van der Waals surface area (Å²) in [7, 11) is 1.15. The molecule has 0 aliphatic carbocycles. The standard InChI is InChI=1S/C75H131N2O7P/c1-7-10-13-16-19-22-25-28-30-32-34-36-38-40-42-44-46-49-52-55-58-61-64-67-74(78)76-72(71-83-85(80,81)82-70-69-77(4,5)6)73(66-63-60-57-54-51-48-27-24-21-18-15-12-9-3)84-75(79)68-65-62-59-56-53-50-47-45-43-41-39-37-35-33-31-29-26-23-20-17-14-11-8-2/h11,14,19-20,22-23,28-31,34-37,41,43,47,50,63,66,72-73H,7-10,12-13,15-18,21,24-27,32-33,38-40,42,44-46,48-49,51-62,64-65,67-71H2,1-6H3,(H-,76,78,80,81)/b14-11-,22-19-,23-20-,30-28-,31-29-,36-34-,37-35-,43-41-,50-47-,66-63+. The lowest BCUT2D eigenvalue weighted by Crippen LogP contribution is -2.47. The van der Waals surface area contributed by atoms with E-state index >= 15 is 0 Å². The molecule has 0 bridgehead atoms. The first-order valence-corrected chi connectivity index (χ1v) is 36.3. The maximum atomic E-state index is 13.6. The number of nitrogens with one attached hydrogen (secondary N) is 1. The maximum Gasteiger partial charge on any atom is 0.306 e. The SMILES string of the molecule is CC/C=C\C/C=C\C/C=C\C/C=C\C/C=C\C/C=C\CCCCCCC(=O)OC(/C=C/CCCCCCCCCCCCC)C(COP(=O)([O-])OCC[N+](C)(C)C)NC(=O)CCCCCCCCCCCC/C=C\C/C=C\C/C=C\CCCCC. The molecule has 85 heavy (non-hydrogen) atoms. The Balaban J connectivity index is 5.22. The fraction of sp³-hybridized carbons (Fsp3) is 0.707. The van der Waals surface area contributed by atoms with Crippen LogP contribution in [0.1, 0.15) is 290 Å². The van der Waals surface area contributed by atoms with Gasteiger partial charge in [0.2, 0.25) is 5.91 Å². The molecule has 0 heterocycles. The normalized spacial score (nSPS) is 14.3. The van der Waals surface area contributed by atoms with Crippen molar-refractivity contribution in [2.75, 3.05) is 40.9 Å². The fourth-order valence-corrected chi connectivity index (χ4v) is 10.3. The van der Waals surface area contributed by atoms with Crippen LogP contribution in [0, 0.1) is 0 Å². The molecule has 0 saturated heterocycles. The summed E-state index contributed by atoms with van der Waals surface area (Å²) in [4.78, 5) is 40.2. The molecule has 0 spiro atoms. The average molecular weight is 1200 g/mol. The molecule has 0 saturated carbocycles. The van der Waals surface area contributed by atoms with Crippen LogP contribution in [0.2, 0.25) is 0 Å². The van der Waals surface area contributed by atoms with Crippen LogP contribution < -0.4 is 10.2 Å². The zero-order chi connectivity index (χ0) is 62.1. The number of ether oxygens (including phenoxy) is 1. The topological polar surface area (TPSA) is 114 Å². The summed E-state index contributed by atoms with van der Waals surface area (Å²) in [6.45, 7) is 6.69. The molecule has 0 aromatic heterocycles. The van der Waals surface area contributed by atoms with E-state index in [0.717, 1.165) is 128 Å². The van der Waals surface area contributed by atoms with Gasteiger partial charge in [0.25, 0.3) is 7.82 Å². The van der Waals surface area contributed by atoms with E-state index in [0.29, 0.717) is 23.9 Å². The van der Waals surface area contributed by atoms with Gasteiger partial charge in [-0.3, -0.25) is 14.2 Å². The first-order valence-electron chi connectivity index (χ1n) is 34.8. The van der Waals surface area contributed by atoms with Crippen molar-refractivity contribution in [2.45, 2.75) is 303 Å². The van der Waals surface area contributed by atoms with Gasteiger partial charge in [0.1, 0.15) is 19.3 Å². The van der Waals surface area contributed by atoms with E-state index in [1.807, 2.05) is 33.3 Å². The summed E-state index contributed by atoms with van der Waals surface area (Å²) in [5.41, 5.74) is 0. The zero-order valence-corrected chi connectivity index (χ0v) is 56.7. The van der Waals surface area contributed by atoms with Gasteiger partial charge in [-0.2, -0.15) is 0 Å². The number of likely N-dealkylation sites (N-methyl/N-ethyl adjacent to an activating group) is 1. The average Bonchev–Trinajstić information content (AvgIpc) is 3.52. The Hall–Kier alpha value is -3.59. The van der Waals surface area contributed by atoms with Gasteiger partial charge in [-0.15, -0.1) is 0 Å². The molecule has 9 nitrogen and oxygen atoms in total. The van der Waals surface area contributed by atoms with E-state index < -0.39 is 26.6 Å². The molecule has 1 amide bonds. The van der Waals surface area contributed by atoms with Crippen LogP contribution in [0.25, 0.3) is 0 Å². The van der Waals surface area contributed by atoms with Crippen molar-refractivity contribution in [2.24, 2.45) is 0 Å². The molecule has 0 aliphatic heterocycles. The summed E-state index contributed by atoms with van der Waals surface area (Å²) >= 11 is 0. The van der Waals surface area contributed by atoms with E-state index in [4.69, 9.17) is 13.8 Å². The number of esters is 1. The Bertz CT molecular complexity index is 1870. The number of carbonyl (C=O) groups is 2. The van der Waals surface area contributed by atoms with Gasteiger partial charge < -0.3 is 28.5 Å². The lowest BCUT2D eigenvalue weighted by molar-refractivity contribution is -0.870. The van der Waals surface area contributed by atoms with Crippen LogP contribution in [-0.4, -0.2) is 69.4 Å². The zero-order valence-electron chi connectivity index (χ0n) is 55.8. The highest BCUT2D eigenvalue weighted by Gasteiger charge is 2.27. The van der Waals surface area contributed by atoms with Crippen molar-refractivity contribution in [3.05, 3.63) is 122 Å². The summed E-state index contributed by atoms with van der Waals surface area (Å²) in [5, 5.41) is 3.03. The summed E-state index contributed by atoms with van der Waals surface area (Å²) < 4.78 is 30.4. The van der Waals surface area contributed by atoms with E-state index in [9.17, 15) is 19.0 Å². The molecular weight excluding hydrogens is 1070 g/mol. The molecule has 3 atom stereocenters. The molecule has 1 N–H and O–H groups in total. The van der Waals surface area contributed by atoms with Gasteiger partial charge >= 0.3 is 5.97 Å². The van der Waals surface area contributed by atoms with E-state index in [2.05, 4.69) is 135 Å². The number of amides is 1. The molecule has 0 aliphatic rings. The van der Waals surface area contributed by atoms with Crippen molar-refractivity contribution >= 4 is 19.7 Å². The smallest absolute Gasteiger partial charge is 0.306 e. The second-order valence-electron chi connectivity index (χ2n) is 24.3. The van der Waals surface area contributed by atoms with Crippen LogP contribution in [0.3, 0.4) is 0 Å². The Labute approximate surface area is 524 Å². The summed E-state index contributed by atoms with van der Waals surface area (Å²) in [6, 6.07) is -0.911. The predicted molar refractivity (Wildman–Crippen MR) is 367 cm³/mol. The van der Waals surface area contributed by atoms with Gasteiger partial charge in [0.05, 0.1) is 33.8 Å². The highest BCUT2D eigenvalue weighted by Crippen LogP contribution is 2.38. The molecule has 3 unspecified atom stereocenters. The quantitative estimate of drug-likeness (QED) is 0.0212. The summed E-state index contributed by atoms with van der Waals surface area (Å²) in [5.74, 6) is -0.576. The van der Waals surface area contributed by atoms with E-state index in [-0.39, 0.29) is 24.9 Å². The monoisotopic (exact) mass is 1200 g/mol. The Morgan fingerprint density at radius 3 is 1.15 bits per heavy atom. The van der Waals surface area contributed by atoms with Crippen LogP contribution in [0.15, 0.2) is 122 Å². The molecule has 0 fully saturated rings. The van der Waals surface area contributed by atoms with Gasteiger partial charge in [-0.25, -0.2) is 0 Å². The molecule has 488 valence electrons.